The van der Waals surface area contributed by atoms with E-state index in [-0.39, 0.29) is 79.3 Å². The quantitative estimate of drug-likeness (QED) is 0.0482. The minimum atomic E-state index is -1.46. The molecule has 5 N–H and O–H groups in total. The van der Waals surface area contributed by atoms with Crippen LogP contribution < -0.4 is 49.8 Å². The lowest BCUT2D eigenvalue weighted by atomic mass is 9.80. The number of nitrogens with zero attached hydrogens (tertiary/aromatic N) is 5. The first-order chi connectivity index (χ1) is 45.2. The van der Waals surface area contributed by atoms with Crippen molar-refractivity contribution in [3.63, 3.8) is 0 Å². The highest BCUT2D eigenvalue weighted by Gasteiger charge is 2.42. The Labute approximate surface area is 561 Å². The van der Waals surface area contributed by atoms with Crippen molar-refractivity contribution in [3.05, 3.63) is 103 Å². The number of halogens is 2. The summed E-state index contributed by atoms with van der Waals surface area (Å²) in [7, 11) is 1.85. The van der Waals surface area contributed by atoms with Gasteiger partial charge in [-0.1, -0.05) is 56.7 Å². The summed E-state index contributed by atoms with van der Waals surface area (Å²) in [5.41, 5.74) is 5.58. The van der Waals surface area contributed by atoms with Gasteiger partial charge in [0.2, 0.25) is 44.0 Å². The van der Waals surface area contributed by atoms with Gasteiger partial charge in [-0.05, 0) is 181 Å². The smallest absolute Gasteiger partial charge is 0.454 e. The molecule has 0 bridgehead atoms. The number of carbonyl (C=O) groups is 5. The second-order valence-electron chi connectivity index (χ2n) is 25.7. The molecule has 2 aromatic heterocycles. The van der Waals surface area contributed by atoms with Gasteiger partial charge in [-0.15, -0.1) is 23.2 Å². The third kappa shape index (κ3) is 18.1. The SMILES string of the molecule is CN[C@@H](C)C(=O)N[C@H](C(=O)N1CCC[C@H]1c1cncc(-c2ccc3c(c2)OCO3)c1)C1CCCCC1.C[C@@H](C(=O)N[C@H](C(=O)N1CCC[C@H]1c1cncc(-c2ccc3c(c2)OCO3)c1)C1CCCCC1)N(C)C(=O)OC(C)(C)C.ClCCl.OB(O)c1ccc2c(c1)OCO2. The van der Waals surface area contributed by atoms with E-state index in [2.05, 4.69) is 38.1 Å². The Morgan fingerprint density at radius 2 is 1.00 bits per heavy atom. The number of benzene rings is 3. The normalized spacial score (nSPS) is 19.1. The highest BCUT2D eigenvalue weighted by atomic mass is 35.5. The van der Waals surface area contributed by atoms with Crippen LogP contribution in [0.2, 0.25) is 0 Å². The van der Waals surface area contributed by atoms with Crippen LogP contribution in [-0.4, -0.2) is 154 Å². The molecule has 5 aliphatic heterocycles. The average Bonchev–Trinajstić information content (AvgIpc) is 1.52. The molecule has 2 saturated carbocycles. The van der Waals surface area contributed by atoms with Crippen molar-refractivity contribution in [2.45, 2.75) is 166 Å². The zero-order valence-electron chi connectivity index (χ0n) is 54.8. The van der Waals surface area contributed by atoms with Crippen LogP contribution in [0.1, 0.15) is 148 Å². The van der Waals surface area contributed by atoms with Crippen LogP contribution in [0.15, 0.2) is 91.5 Å². The van der Waals surface area contributed by atoms with Gasteiger partial charge in [0.25, 0.3) is 0 Å². The lowest BCUT2D eigenvalue weighted by Gasteiger charge is -2.36. The van der Waals surface area contributed by atoms with Gasteiger partial charge in [0.05, 0.1) is 23.5 Å². The third-order valence-electron chi connectivity index (χ3n) is 18.3. The van der Waals surface area contributed by atoms with Crippen molar-refractivity contribution < 1.29 is 67.2 Å². The summed E-state index contributed by atoms with van der Waals surface area (Å²) in [4.78, 5) is 81.5. The van der Waals surface area contributed by atoms with Gasteiger partial charge >= 0.3 is 13.2 Å². The molecular weight excluding hydrogens is 1250 g/mol. The van der Waals surface area contributed by atoms with Gasteiger partial charge in [-0.2, -0.15) is 0 Å². The summed E-state index contributed by atoms with van der Waals surface area (Å²) in [6.45, 7) is 10.8. The maximum absolute atomic E-state index is 14.3. The number of carbonyl (C=O) groups excluding carboxylic acids is 5. The Morgan fingerprint density at radius 3 is 1.43 bits per heavy atom. The number of nitrogens with one attached hydrogen (secondary N) is 3. The predicted octanol–water partition coefficient (Wildman–Crippen LogP) is 9.79. The van der Waals surface area contributed by atoms with Crippen molar-refractivity contribution in [1.82, 2.24) is 40.6 Å². The third-order valence-corrected chi connectivity index (χ3v) is 18.3. The van der Waals surface area contributed by atoms with E-state index in [4.69, 9.17) is 66.4 Å². The second kappa shape index (κ2) is 33.2. The number of likely N-dealkylation sites (tertiary alicyclic amines) is 2. The molecule has 22 nitrogen and oxygen atoms in total. The Bertz CT molecular complexity index is 3410. The first kappa shape index (κ1) is 70.7. The molecule has 0 spiro atoms. The van der Waals surface area contributed by atoms with Crippen LogP contribution in [0.5, 0.6) is 34.5 Å². The van der Waals surface area contributed by atoms with Crippen LogP contribution in [0, 0.1) is 11.8 Å². The van der Waals surface area contributed by atoms with Crippen molar-refractivity contribution in [1.29, 1.82) is 0 Å². The molecule has 3 aromatic carbocycles. The Balaban J connectivity index is 0.000000183. The van der Waals surface area contributed by atoms with E-state index in [1.165, 1.54) is 11.3 Å². The fourth-order valence-corrected chi connectivity index (χ4v) is 13.0. The van der Waals surface area contributed by atoms with Crippen molar-refractivity contribution in [2.24, 2.45) is 11.8 Å². The topological polar surface area (TPSA) is 262 Å². The summed E-state index contributed by atoms with van der Waals surface area (Å²) < 4.78 is 37.6. The van der Waals surface area contributed by atoms with Crippen LogP contribution in [0.3, 0.4) is 0 Å². The van der Waals surface area contributed by atoms with Gasteiger partial charge in [-0.25, -0.2) is 4.79 Å². The average molecular weight is 1340 g/mol. The summed E-state index contributed by atoms with van der Waals surface area (Å²) in [5, 5.41) is 27.0. The van der Waals surface area contributed by atoms with Crippen LogP contribution in [0.4, 0.5) is 4.79 Å². The van der Waals surface area contributed by atoms with Gasteiger partial charge in [0.1, 0.15) is 23.7 Å². The molecular formula is C69H89BCl2N8O14. The standard InChI is InChI=1S/C33H44N4O6.C28H36N4O4.C7H7BO4.CH2Cl2/c1-21(36(5)32(40)43-33(2,3)4)30(38)35-29(22-10-7-6-8-11-22)31(39)37-15-9-12-26(37)25-16-24(18-34-19-25)23-13-14-27-28(17-23)42-20-41-27;1-18(29-2)27(33)31-26(19-7-4-3-5-8-19)28(34)32-12-6-9-23(32)22-13-21(15-30-16-22)20-10-11-24-25(14-20)36-17-35-24;9-8(10)5-1-2-6-7(3-5)12-4-11-6;2-1-3/h13-14,16-19,21-22,26,29H,6-12,15,20H2,1-5H3,(H,35,38);10-11,13-16,18-19,23,26,29H,3-9,12,17H2,1-2H3,(H,31,33);1-3,9-10H,4H2;1H2/t21-,26-,29-;18-,23-,26-;;/m00../s1. The van der Waals surface area contributed by atoms with E-state index < -0.39 is 36.9 Å². The zero-order chi connectivity index (χ0) is 67.1. The van der Waals surface area contributed by atoms with Crippen LogP contribution in [0.25, 0.3) is 22.3 Å². The first-order valence-electron chi connectivity index (χ1n) is 32.7. The molecule has 25 heteroatoms. The zero-order valence-corrected chi connectivity index (χ0v) is 56.3. The molecule has 0 unspecified atom stereocenters. The monoisotopic (exact) mass is 1330 g/mol. The largest absolute Gasteiger partial charge is 0.488 e. The van der Waals surface area contributed by atoms with Gasteiger partial charge in [0.15, 0.2) is 34.5 Å². The number of rotatable bonds is 15. The predicted molar refractivity (Wildman–Crippen MR) is 357 cm³/mol. The molecule has 2 saturated heterocycles. The number of aromatic nitrogens is 2. The van der Waals surface area contributed by atoms with E-state index in [0.717, 1.165) is 134 Å². The molecule has 7 aliphatic rings. The van der Waals surface area contributed by atoms with E-state index in [1.807, 2.05) is 77.9 Å². The van der Waals surface area contributed by atoms with E-state index in [1.54, 1.807) is 60.0 Å². The molecule has 94 heavy (non-hydrogen) atoms. The number of hydrogen-bond acceptors (Lipinski definition) is 17. The maximum Gasteiger partial charge on any atom is 0.488 e. The highest BCUT2D eigenvalue weighted by molar-refractivity contribution is 6.58. The number of alkyl halides is 2. The minimum absolute atomic E-state index is 0.0366. The molecule has 0 radical (unpaired) electrons. The van der Waals surface area contributed by atoms with E-state index >= 15 is 0 Å². The highest BCUT2D eigenvalue weighted by Crippen LogP contribution is 2.42. The van der Waals surface area contributed by atoms with Gasteiger partial charge < -0.3 is 69.0 Å². The molecule has 5 amide bonds. The van der Waals surface area contributed by atoms with Gasteiger partial charge in [-0.3, -0.25) is 34.0 Å². The first-order valence-corrected chi connectivity index (χ1v) is 33.7. The number of pyridine rings is 2. The molecule has 506 valence electrons. The van der Waals surface area contributed by atoms with Crippen LogP contribution in [-0.2, 0) is 23.9 Å². The summed E-state index contributed by atoms with van der Waals surface area (Å²) in [6, 6.07) is 18.2. The molecule has 7 heterocycles. The van der Waals surface area contributed by atoms with E-state index in [9.17, 15) is 24.0 Å². The fourth-order valence-electron chi connectivity index (χ4n) is 13.0. The van der Waals surface area contributed by atoms with Crippen LogP contribution >= 0.6 is 23.2 Å². The van der Waals surface area contributed by atoms with Crippen molar-refractivity contribution in [2.75, 3.05) is 52.9 Å². The number of hydrogen-bond donors (Lipinski definition) is 5. The fraction of sp³-hybridized carbons (Fsp3) is 0.522. The molecule has 2 aliphatic carbocycles. The Hall–Kier alpha value is -7.57. The number of ether oxygens (including phenoxy) is 7. The Kier molecular flexibility index (Phi) is 25.0. The van der Waals surface area contributed by atoms with Crippen molar-refractivity contribution >= 4 is 65.5 Å². The lowest BCUT2D eigenvalue weighted by Crippen LogP contribution is -2.56. The molecule has 5 aromatic rings. The Morgan fingerprint density at radius 1 is 0.585 bits per heavy atom. The molecule has 4 fully saturated rings. The van der Waals surface area contributed by atoms with Gasteiger partial charge in [0, 0.05) is 56.1 Å². The number of fused-ring (bicyclic) bond motifs is 3. The maximum atomic E-state index is 14.3. The number of amides is 5. The lowest BCUT2D eigenvalue weighted by molar-refractivity contribution is -0.140. The van der Waals surface area contributed by atoms with E-state index in [0.29, 0.717) is 35.8 Å². The summed E-state index contributed by atoms with van der Waals surface area (Å²) in [5.74, 6) is 3.82. The van der Waals surface area contributed by atoms with Crippen molar-refractivity contribution in [3.8, 4) is 56.8 Å². The minimum Gasteiger partial charge on any atom is -0.454 e. The molecule has 12 rings (SSSR count). The second-order valence-corrected chi connectivity index (χ2v) is 26.5. The summed E-state index contributed by atoms with van der Waals surface area (Å²) in [6.07, 6.45) is 20.6. The number of likely N-dealkylation sites (N-methyl/N-ethyl adjacent to an activating group) is 2. The summed E-state index contributed by atoms with van der Waals surface area (Å²) >= 11 is 9.53. The molecule has 6 atom stereocenters.